The number of guanidine groups is 1. The standard InChI is InChI=1S/C15H22N4OS/c1-2-3-4-5-8-17-15(16)18-10-12-11-20-14(19-12)13-7-6-9-21-13/h6-7,9,11H,2-5,8,10H2,1H3,(H3,16,17,18). The second-order valence-electron chi connectivity index (χ2n) is 4.81. The van der Waals surface area contributed by atoms with Gasteiger partial charge in [-0.05, 0) is 17.9 Å². The van der Waals surface area contributed by atoms with Crippen molar-refractivity contribution in [3.63, 3.8) is 0 Å². The lowest BCUT2D eigenvalue weighted by atomic mass is 10.2. The second-order valence-corrected chi connectivity index (χ2v) is 5.76. The predicted molar refractivity (Wildman–Crippen MR) is 87.3 cm³/mol. The Morgan fingerprint density at radius 1 is 1.43 bits per heavy atom. The molecule has 6 heteroatoms. The van der Waals surface area contributed by atoms with Crippen LogP contribution in [0.2, 0.25) is 0 Å². The third-order valence-corrected chi connectivity index (χ3v) is 3.89. The average Bonchev–Trinajstić information content (AvgIpc) is 3.15. The highest BCUT2D eigenvalue weighted by atomic mass is 32.1. The van der Waals surface area contributed by atoms with Crippen LogP contribution in [0.3, 0.4) is 0 Å². The zero-order valence-electron chi connectivity index (χ0n) is 12.3. The molecule has 0 aliphatic carbocycles. The average molecular weight is 306 g/mol. The highest BCUT2D eigenvalue weighted by Gasteiger charge is 2.06. The van der Waals surface area contributed by atoms with Crippen molar-refractivity contribution >= 4 is 17.3 Å². The lowest BCUT2D eigenvalue weighted by molar-refractivity contribution is 0.574. The van der Waals surface area contributed by atoms with Crippen LogP contribution in [0.4, 0.5) is 0 Å². The number of hydrogen-bond acceptors (Lipinski definition) is 4. The fourth-order valence-corrected chi connectivity index (χ4v) is 2.54. The molecular weight excluding hydrogens is 284 g/mol. The Labute approximate surface area is 129 Å². The first kappa shape index (κ1) is 15.6. The number of nitrogens with two attached hydrogens (primary N) is 1. The van der Waals surface area contributed by atoms with Crippen molar-refractivity contribution in [2.45, 2.75) is 39.2 Å². The van der Waals surface area contributed by atoms with E-state index < -0.39 is 0 Å². The fourth-order valence-electron chi connectivity index (χ4n) is 1.88. The van der Waals surface area contributed by atoms with Crippen molar-refractivity contribution in [1.29, 1.82) is 0 Å². The van der Waals surface area contributed by atoms with Gasteiger partial charge in [0.15, 0.2) is 5.96 Å². The van der Waals surface area contributed by atoms with E-state index in [4.69, 9.17) is 10.2 Å². The minimum atomic E-state index is 0.433. The van der Waals surface area contributed by atoms with E-state index in [2.05, 4.69) is 22.2 Å². The normalized spacial score (nSPS) is 11.8. The Balaban J connectivity index is 1.75. The Morgan fingerprint density at radius 2 is 2.33 bits per heavy atom. The van der Waals surface area contributed by atoms with Gasteiger partial charge >= 0.3 is 0 Å². The quantitative estimate of drug-likeness (QED) is 0.445. The van der Waals surface area contributed by atoms with Gasteiger partial charge in [0.25, 0.3) is 0 Å². The molecule has 0 aliphatic heterocycles. The summed E-state index contributed by atoms with van der Waals surface area (Å²) in [5, 5.41) is 5.12. The highest BCUT2D eigenvalue weighted by molar-refractivity contribution is 7.13. The third-order valence-electron chi connectivity index (χ3n) is 3.03. The van der Waals surface area contributed by atoms with E-state index in [0.29, 0.717) is 18.4 Å². The first-order chi connectivity index (χ1) is 10.3. The van der Waals surface area contributed by atoms with Gasteiger partial charge in [-0.1, -0.05) is 32.3 Å². The molecule has 2 heterocycles. The molecule has 0 aliphatic rings. The van der Waals surface area contributed by atoms with Gasteiger partial charge in [0.05, 0.1) is 11.4 Å². The fraction of sp³-hybridized carbons (Fsp3) is 0.467. The summed E-state index contributed by atoms with van der Waals surface area (Å²) >= 11 is 1.60. The van der Waals surface area contributed by atoms with E-state index in [0.717, 1.165) is 23.5 Å². The van der Waals surface area contributed by atoms with Gasteiger partial charge in [0.2, 0.25) is 5.89 Å². The molecule has 0 saturated heterocycles. The van der Waals surface area contributed by atoms with Gasteiger partial charge in [-0.2, -0.15) is 0 Å². The summed E-state index contributed by atoms with van der Waals surface area (Å²) < 4.78 is 5.44. The molecule has 0 aromatic carbocycles. The molecule has 3 N–H and O–H groups in total. The van der Waals surface area contributed by atoms with Crippen LogP contribution in [0, 0.1) is 0 Å². The summed E-state index contributed by atoms with van der Waals surface area (Å²) in [5.74, 6) is 1.11. The van der Waals surface area contributed by atoms with E-state index >= 15 is 0 Å². The van der Waals surface area contributed by atoms with Crippen molar-refractivity contribution in [1.82, 2.24) is 10.3 Å². The molecule has 2 aromatic rings. The lowest BCUT2D eigenvalue weighted by Gasteiger charge is -2.04. The molecule has 0 atom stereocenters. The zero-order chi connectivity index (χ0) is 14.9. The number of hydrogen-bond donors (Lipinski definition) is 2. The lowest BCUT2D eigenvalue weighted by Crippen LogP contribution is -2.32. The zero-order valence-corrected chi connectivity index (χ0v) is 13.2. The van der Waals surface area contributed by atoms with Crippen molar-refractivity contribution in [3.05, 3.63) is 29.5 Å². The molecule has 0 saturated carbocycles. The molecule has 0 unspecified atom stereocenters. The molecule has 114 valence electrons. The maximum absolute atomic E-state index is 5.82. The predicted octanol–water partition coefficient (Wildman–Crippen LogP) is 3.39. The second kappa shape index (κ2) is 8.46. The van der Waals surface area contributed by atoms with Crippen molar-refractivity contribution in [2.75, 3.05) is 6.54 Å². The van der Waals surface area contributed by atoms with Gasteiger partial charge in [0.1, 0.15) is 12.0 Å². The smallest absolute Gasteiger partial charge is 0.236 e. The van der Waals surface area contributed by atoms with Crippen molar-refractivity contribution in [2.24, 2.45) is 10.7 Å². The third kappa shape index (κ3) is 5.23. The van der Waals surface area contributed by atoms with E-state index in [9.17, 15) is 0 Å². The van der Waals surface area contributed by atoms with Gasteiger partial charge < -0.3 is 15.5 Å². The molecule has 0 fully saturated rings. The van der Waals surface area contributed by atoms with Crippen LogP contribution >= 0.6 is 11.3 Å². The molecule has 0 radical (unpaired) electrons. The summed E-state index contributed by atoms with van der Waals surface area (Å²) in [5.41, 5.74) is 6.61. The highest BCUT2D eigenvalue weighted by Crippen LogP contribution is 2.23. The topological polar surface area (TPSA) is 76.4 Å². The van der Waals surface area contributed by atoms with Gasteiger partial charge in [-0.25, -0.2) is 9.98 Å². The van der Waals surface area contributed by atoms with Crippen LogP contribution in [-0.4, -0.2) is 17.5 Å². The molecule has 0 amide bonds. The van der Waals surface area contributed by atoms with Crippen LogP contribution in [0.25, 0.3) is 10.8 Å². The SMILES string of the molecule is CCCCCCNC(N)=NCc1coc(-c2cccs2)n1. The van der Waals surface area contributed by atoms with Crippen LogP contribution in [0.15, 0.2) is 33.2 Å². The summed E-state index contributed by atoms with van der Waals surface area (Å²) in [6, 6.07) is 3.96. The summed E-state index contributed by atoms with van der Waals surface area (Å²) in [7, 11) is 0. The summed E-state index contributed by atoms with van der Waals surface area (Å²) in [4.78, 5) is 9.69. The number of aromatic nitrogens is 1. The van der Waals surface area contributed by atoms with E-state index in [1.807, 2.05) is 17.5 Å². The molecular formula is C15H22N4OS. The number of unbranched alkanes of at least 4 members (excludes halogenated alkanes) is 3. The van der Waals surface area contributed by atoms with Gasteiger partial charge in [-0.3, -0.25) is 0 Å². The monoisotopic (exact) mass is 306 g/mol. The molecule has 0 bridgehead atoms. The van der Waals surface area contributed by atoms with Crippen LogP contribution in [-0.2, 0) is 6.54 Å². The minimum Gasteiger partial charge on any atom is -0.443 e. The number of oxazole rings is 1. The number of aliphatic imine (C=N–C) groups is 1. The molecule has 2 rings (SSSR count). The number of thiophene rings is 1. The van der Waals surface area contributed by atoms with Crippen molar-refractivity contribution in [3.8, 4) is 10.8 Å². The van der Waals surface area contributed by atoms with Crippen molar-refractivity contribution < 1.29 is 4.42 Å². The Kier molecular flexibility index (Phi) is 6.27. The van der Waals surface area contributed by atoms with Crippen LogP contribution in [0.1, 0.15) is 38.3 Å². The maximum Gasteiger partial charge on any atom is 0.236 e. The summed E-state index contributed by atoms with van der Waals surface area (Å²) in [6.45, 7) is 3.50. The van der Waals surface area contributed by atoms with Crippen LogP contribution < -0.4 is 11.1 Å². The molecule has 0 spiro atoms. The van der Waals surface area contributed by atoms with Gasteiger partial charge in [-0.15, -0.1) is 11.3 Å². The maximum atomic E-state index is 5.82. The first-order valence-electron chi connectivity index (χ1n) is 7.31. The van der Waals surface area contributed by atoms with Crippen LogP contribution in [0.5, 0.6) is 0 Å². The number of nitrogens with one attached hydrogen (secondary N) is 1. The largest absolute Gasteiger partial charge is 0.443 e. The molecule has 5 nitrogen and oxygen atoms in total. The number of rotatable bonds is 8. The van der Waals surface area contributed by atoms with E-state index in [1.165, 1.54) is 19.3 Å². The summed E-state index contributed by atoms with van der Waals surface area (Å²) in [6.07, 6.45) is 6.49. The Hall–Kier alpha value is -1.82. The first-order valence-corrected chi connectivity index (χ1v) is 8.19. The minimum absolute atomic E-state index is 0.433. The Morgan fingerprint density at radius 3 is 3.10 bits per heavy atom. The van der Waals surface area contributed by atoms with E-state index in [-0.39, 0.29) is 0 Å². The number of nitrogens with zero attached hydrogens (tertiary/aromatic N) is 2. The van der Waals surface area contributed by atoms with E-state index in [1.54, 1.807) is 17.6 Å². The van der Waals surface area contributed by atoms with Gasteiger partial charge in [0, 0.05) is 6.54 Å². The molecule has 21 heavy (non-hydrogen) atoms. The molecule has 2 aromatic heterocycles. The Bertz CT molecular complexity index is 548.